The summed E-state index contributed by atoms with van der Waals surface area (Å²) in [5.74, 6) is -1.01. The van der Waals surface area contributed by atoms with E-state index in [9.17, 15) is 14.7 Å². The van der Waals surface area contributed by atoms with Crippen molar-refractivity contribution in [2.75, 3.05) is 6.54 Å². The van der Waals surface area contributed by atoms with Gasteiger partial charge in [0.1, 0.15) is 0 Å². The molecule has 0 spiro atoms. The summed E-state index contributed by atoms with van der Waals surface area (Å²) >= 11 is 1.48. The van der Waals surface area contributed by atoms with Crippen molar-refractivity contribution < 1.29 is 24.3 Å². The van der Waals surface area contributed by atoms with Crippen molar-refractivity contribution in [3.63, 3.8) is 0 Å². The van der Waals surface area contributed by atoms with E-state index in [-0.39, 0.29) is 19.4 Å². The van der Waals surface area contributed by atoms with Crippen molar-refractivity contribution in [3.05, 3.63) is 23.4 Å². The highest BCUT2D eigenvalue weighted by Gasteiger charge is 2.30. The molecule has 0 saturated carbocycles. The molecule has 2 heterocycles. The van der Waals surface area contributed by atoms with Crippen LogP contribution >= 0.6 is 11.3 Å². The van der Waals surface area contributed by atoms with Gasteiger partial charge in [-0.25, -0.2) is 4.79 Å². The van der Waals surface area contributed by atoms with E-state index in [1.165, 1.54) is 11.3 Å². The zero-order valence-electron chi connectivity index (χ0n) is 11.8. The lowest BCUT2D eigenvalue weighted by atomic mass is 10.1. The number of carbonyl (C=O) groups excluding carboxylic acids is 1. The minimum absolute atomic E-state index is 0.0573. The third-order valence-electron chi connectivity index (χ3n) is 2.87. The van der Waals surface area contributed by atoms with E-state index in [2.05, 4.69) is 15.5 Å². The molecule has 2 aromatic rings. The van der Waals surface area contributed by atoms with Crippen LogP contribution in [0.1, 0.15) is 19.2 Å². The van der Waals surface area contributed by atoms with Gasteiger partial charge < -0.3 is 20.1 Å². The number of aryl methyl sites for hydroxylation is 1. The Hall–Kier alpha value is -2.26. The molecule has 8 nitrogen and oxygen atoms in total. The van der Waals surface area contributed by atoms with Crippen LogP contribution in [0.15, 0.2) is 22.0 Å². The predicted molar refractivity (Wildman–Crippen MR) is 77.2 cm³/mol. The van der Waals surface area contributed by atoms with Crippen LogP contribution in [-0.4, -0.2) is 44.4 Å². The standard InChI is InChI=1S/C13H15N3O5S/c1-13(20,12(18)19)7-14-9(17)4-5-10-15-11(16-21-10)8-3-2-6-22-8/h2-3,6,20H,4-5,7H2,1H3,(H,14,17)(H,18,19). The van der Waals surface area contributed by atoms with E-state index >= 15 is 0 Å². The number of aliphatic carboxylic acids is 1. The summed E-state index contributed by atoms with van der Waals surface area (Å²) in [5, 5.41) is 26.3. The Kier molecular flexibility index (Phi) is 4.88. The monoisotopic (exact) mass is 325 g/mol. The minimum atomic E-state index is -1.99. The van der Waals surface area contributed by atoms with Gasteiger partial charge in [-0.05, 0) is 18.4 Å². The van der Waals surface area contributed by atoms with Gasteiger partial charge in [0.25, 0.3) is 0 Å². The first-order valence-corrected chi connectivity index (χ1v) is 7.35. The van der Waals surface area contributed by atoms with Crippen LogP contribution < -0.4 is 5.32 Å². The van der Waals surface area contributed by atoms with E-state index in [0.717, 1.165) is 11.8 Å². The molecule has 2 rings (SSSR count). The molecule has 0 fully saturated rings. The van der Waals surface area contributed by atoms with Gasteiger partial charge in [-0.1, -0.05) is 11.2 Å². The average Bonchev–Trinajstić information content (AvgIpc) is 3.13. The maximum Gasteiger partial charge on any atom is 0.337 e. The summed E-state index contributed by atoms with van der Waals surface area (Å²) in [6.07, 6.45) is 0.293. The number of amides is 1. The van der Waals surface area contributed by atoms with E-state index in [4.69, 9.17) is 9.63 Å². The van der Waals surface area contributed by atoms with Gasteiger partial charge in [-0.3, -0.25) is 4.79 Å². The van der Waals surface area contributed by atoms with Crippen LogP contribution in [-0.2, 0) is 16.0 Å². The number of carbonyl (C=O) groups is 2. The van der Waals surface area contributed by atoms with Crippen LogP contribution in [0, 0.1) is 0 Å². The molecular formula is C13H15N3O5S. The highest BCUT2D eigenvalue weighted by atomic mass is 32.1. The maximum absolute atomic E-state index is 11.6. The lowest BCUT2D eigenvalue weighted by molar-refractivity contribution is -0.156. The normalized spacial score (nSPS) is 13.5. The largest absolute Gasteiger partial charge is 0.479 e. The predicted octanol–water partition coefficient (Wildman–Crippen LogP) is 0.683. The first-order valence-electron chi connectivity index (χ1n) is 6.47. The van der Waals surface area contributed by atoms with Crippen molar-refractivity contribution in [1.29, 1.82) is 0 Å². The molecule has 1 amide bonds. The van der Waals surface area contributed by atoms with Crippen molar-refractivity contribution in [2.24, 2.45) is 0 Å². The Morgan fingerprint density at radius 3 is 2.91 bits per heavy atom. The van der Waals surface area contributed by atoms with Gasteiger partial charge in [-0.2, -0.15) is 4.98 Å². The van der Waals surface area contributed by atoms with Gasteiger partial charge in [0.05, 0.1) is 11.4 Å². The van der Waals surface area contributed by atoms with Crippen molar-refractivity contribution >= 4 is 23.2 Å². The number of thiophene rings is 1. The molecule has 2 aromatic heterocycles. The molecule has 0 aliphatic rings. The molecule has 0 radical (unpaired) electrons. The van der Waals surface area contributed by atoms with Crippen LogP contribution in [0.25, 0.3) is 10.7 Å². The number of nitrogens with one attached hydrogen (secondary N) is 1. The molecule has 0 aromatic carbocycles. The number of nitrogens with zero attached hydrogens (tertiary/aromatic N) is 2. The number of aliphatic hydroxyl groups is 1. The summed E-state index contributed by atoms with van der Waals surface area (Å²) in [6, 6.07) is 3.73. The number of rotatable bonds is 7. The second kappa shape index (κ2) is 6.67. The molecule has 118 valence electrons. The summed E-state index contributed by atoms with van der Waals surface area (Å²) in [4.78, 5) is 27.4. The lowest BCUT2D eigenvalue weighted by Gasteiger charge is -2.17. The van der Waals surface area contributed by atoms with Crippen molar-refractivity contribution in [1.82, 2.24) is 15.5 Å². The molecule has 22 heavy (non-hydrogen) atoms. The Labute approximate surface area is 129 Å². The number of hydrogen-bond acceptors (Lipinski definition) is 7. The molecule has 0 bridgehead atoms. The first-order chi connectivity index (χ1) is 10.4. The molecule has 1 atom stereocenters. The highest BCUT2D eigenvalue weighted by molar-refractivity contribution is 7.13. The topological polar surface area (TPSA) is 126 Å². The Morgan fingerprint density at radius 2 is 2.27 bits per heavy atom. The third-order valence-corrected chi connectivity index (χ3v) is 3.73. The fraction of sp³-hybridized carbons (Fsp3) is 0.385. The molecular weight excluding hydrogens is 310 g/mol. The first kappa shape index (κ1) is 16.1. The molecule has 0 saturated heterocycles. The summed E-state index contributed by atoms with van der Waals surface area (Å²) < 4.78 is 5.04. The second-order valence-electron chi connectivity index (χ2n) is 4.84. The smallest absolute Gasteiger partial charge is 0.337 e. The van der Waals surface area contributed by atoms with E-state index in [1.54, 1.807) is 0 Å². The zero-order chi connectivity index (χ0) is 16.2. The van der Waals surface area contributed by atoms with E-state index in [0.29, 0.717) is 11.7 Å². The molecule has 9 heteroatoms. The highest BCUT2D eigenvalue weighted by Crippen LogP contribution is 2.21. The number of carboxylic acid groups (broad SMARTS) is 1. The Morgan fingerprint density at radius 1 is 1.50 bits per heavy atom. The van der Waals surface area contributed by atoms with Crippen LogP contribution in [0.2, 0.25) is 0 Å². The molecule has 3 N–H and O–H groups in total. The average molecular weight is 325 g/mol. The van der Waals surface area contributed by atoms with E-state index < -0.39 is 17.5 Å². The quantitative estimate of drug-likeness (QED) is 0.683. The van der Waals surface area contributed by atoms with Crippen molar-refractivity contribution in [3.8, 4) is 10.7 Å². The van der Waals surface area contributed by atoms with Crippen LogP contribution in [0.4, 0.5) is 0 Å². The van der Waals surface area contributed by atoms with Gasteiger partial charge in [0.15, 0.2) is 5.60 Å². The summed E-state index contributed by atoms with van der Waals surface area (Å²) in [5.41, 5.74) is -1.99. The van der Waals surface area contributed by atoms with Gasteiger partial charge in [0, 0.05) is 12.8 Å². The fourth-order valence-corrected chi connectivity index (χ4v) is 2.17. The lowest BCUT2D eigenvalue weighted by Crippen LogP contribution is -2.46. The third kappa shape index (κ3) is 4.12. The molecule has 0 aliphatic carbocycles. The molecule has 0 aliphatic heterocycles. The van der Waals surface area contributed by atoms with E-state index in [1.807, 2.05) is 17.5 Å². The van der Waals surface area contributed by atoms with Crippen LogP contribution in [0.3, 0.4) is 0 Å². The SMILES string of the molecule is CC(O)(CNC(=O)CCc1nc(-c2cccs2)no1)C(=O)O. The Bertz CT molecular complexity index is 650. The van der Waals surface area contributed by atoms with Gasteiger partial charge >= 0.3 is 5.97 Å². The maximum atomic E-state index is 11.6. The summed E-state index contributed by atoms with van der Waals surface area (Å²) in [7, 11) is 0. The minimum Gasteiger partial charge on any atom is -0.479 e. The van der Waals surface area contributed by atoms with Gasteiger partial charge in [-0.15, -0.1) is 11.3 Å². The zero-order valence-corrected chi connectivity index (χ0v) is 12.6. The number of carboxylic acids is 1. The number of hydrogen-bond donors (Lipinski definition) is 3. The Balaban J connectivity index is 1.81. The second-order valence-corrected chi connectivity index (χ2v) is 5.79. The van der Waals surface area contributed by atoms with Crippen LogP contribution in [0.5, 0.6) is 0 Å². The van der Waals surface area contributed by atoms with Crippen molar-refractivity contribution in [2.45, 2.75) is 25.4 Å². The number of aromatic nitrogens is 2. The van der Waals surface area contributed by atoms with Gasteiger partial charge in [0.2, 0.25) is 17.6 Å². The molecule has 1 unspecified atom stereocenters. The summed E-state index contributed by atoms with van der Waals surface area (Å²) in [6.45, 7) is 0.742. The fourth-order valence-electron chi connectivity index (χ4n) is 1.52.